The highest BCUT2D eigenvalue weighted by atomic mass is 16.5. The first-order valence-electron chi connectivity index (χ1n) is 12.7. The Morgan fingerprint density at radius 3 is 2.50 bits per heavy atom. The SMILES string of the molecule is CCOc1cc(C2/C(=C(\O)c3ccc4c(c3)CCCC4)C(=O)C(=O)N2CCOC)ccc1OC(C)C. The van der Waals surface area contributed by atoms with Crippen molar-refractivity contribution in [2.24, 2.45) is 0 Å². The molecule has 0 aromatic heterocycles. The fourth-order valence-electron chi connectivity index (χ4n) is 5.00. The minimum absolute atomic E-state index is 0.0496. The van der Waals surface area contributed by atoms with Crippen molar-refractivity contribution in [1.82, 2.24) is 4.90 Å². The zero-order valence-electron chi connectivity index (χ0n) is 21.5. The normalized spacial score (nSPS) is 19.0. The van der Waals surface area contributed by atoms with Crippen molar-refractivity contribution in [2.75, 3.05) is 26.9 Å². The van der Waals surface area contributed by atoms with E-state index in [0.717, 1.165) is 25.7 Å². The lowest BCUT2D eigenvalue weighted by molar-refractivity contribution is -0.140. The summed E-state index contributed by atoms with van der Waals surface area (Å²) >= 11 is 0. The van der Waals surface area contributed by atoms with E-state index in [0.29, 0.717) is 29.2 Å². The van der Waals surface area contributed by atoms with Gasteiger partial charge >= 0.3 is 0 Å². The second-order valence-electron chi connectivity index (χ2n) is 9.48. The standard InChI is InChI=1S/C29H35NO6/c1-5-35-24-17-21(12-13-23(24)36-18(2)3)26-25(28(32)29(33)30(26)14-15-34-4)27(31)22-11-10-19-8-6-7-9-20(19)16-22/h10-13,16-18,26,31H,5-9,14-15H2,1-4H3/b27-25+. The van der Waals surface area contributed by atoms with Crippen molar-refractivity contribution < 1.29 is 28.9 Å². The van der Waals surface area contributed by atoms with Crippen LogP contribution in [0.25, 0.3) is 5.76 Å². The molecule has 0 spiro atoms. The van der Waals surface area contributed by atoms with E-state index in [1.807, 2.05) is 45.0 Å². The highest BCUT2D eigenvalue weighted by Gasteiger charge is 2.46. The van der Waals surface area contributed by atoms with E-state index in [1.165, 1.54) is 16.0 Å². The van der Waals surface area contributed by atoms with Gasteiger partial charge in [-0.05, 0) is 81.3 Å². The molecule has 7 nitrogen and oxygen atoms in total. The van der Waals surface area contributed by atoms with Crippen molar-refractivity contribution in [3.05, 3.63) is 64.2 Å². The zero-order chi connectivity index (χ0) is 25.8. The maximum atomic E-state index is 13.3. The lowest BCUT2D eigenvalue weighted by Crippen LogP contribution is -2.32. The van der Waals surface area contributed by atoms with Gasteiger partial charge in [0.1, 0.15) is 5.76 Å². The number of carbonyl (C=O) groups excluding carboxylic acids is 2. The molecule has 4 rings (SSSR count). The summed E-state index contributed by atoms with van der Waals surface area (Å²) in [5.74, 6) is -0.412. The predicted molar refractivity (Wildman–Crippen MR) is 137 cm³/mol. The Balaban J connectivity index is 1.84. The molecule has 192 valence electrons. The molecule has 1 N–H and O–H groups in total. The first kappa shape index (κ1) is 25.8. The molecule has 1 amide bonds. The van der Waals surface area contributed by atoms with Crippen LogP contribution in [-0.2, 0) is 27.2 Å². The van der Waals surface area contributed by atoms with Crippen LogP contribution in [0.2, 0.25) is 0 Å². The lowest BCUT2D eigenvalue weighted by atomic mass is 9.88. The van der Waals surface area contributed by atoms with Gasteiger partial charge in [0.05, 0.1) is 30.9 Å². The molecule has 7 heteroatoms. The first-order valence-corrected chi connectivity index (χ1v) is 12.7. The van der Waals surface area contributed by atoms with Crippen LogP contribution in [0.5, 0.6) is 11.5 Å². The largest absolute Gasteiger partial charge is 0.507 e. The van der Waals surface area contributed by atoms with Crippen molar-refractivity contribution in [3.63, 3.8) is 0 Å². The van der Waals surface area contributed by atoms with E-state index < -0.39 is 17.7 Å². The van der Waals surface area contributed by atoms with Crippen molar-refractivity contribution >= 4 is 17.4 Å². The van der Waals surface area contributed by atoms with Gasteiger partial charge in [0.15, 0.2) is 11.5 Å². The molecule has 0 saturated carbocycles. The highest BCUT2D eigenvalue weighted by Crippen LogP contribution is 2.42. The maximum Gasteiger partial charge on any atom is 0.295 e. The molecule has 1 saturated heterocycles. The van der Waals surface area contributed by atoms with Crippen molar-refractivity contribution in [2.45, 2.75) is 58.6 Å². The van der Waals surface area contributed by atoms with E-state index >= 15 is 0 Å². The number of ketones is 1. The molecule has 1 aliphatic heterocycles. The smallest absolute Gasteiger partial charge is 0.295 e. The fraction of sp³-hybridized carbons (Fsp3) is 0.448. The van der Waals surface area contributed by atoms with Gasteiger partial charge in [-0.1, -0.05) is 18.2 Å². The number of Topliss-reactive ketones (excluding diaryl/α,β-unsaturated/α-hetero) is 1. The number of benzene rings is 2. The number of hydrogen-bond acceptors (Lipinski definition) is 6. The summed E-state index contributed by atoms with van der Waals surface area (Å²) in [6, 6.07) is 10.4. The topological polar surface area (TPSA) is 85.3 Å². The lowest BCUT2D eigenvalue weighted by Gasteiger charge is -2.26. The molecule has 36 heavy (non-hydrogen) atoms. The van der Waals surface area contributed by atoms with Crippen LogP contribution in [0, 0.1) is 0 Å². The van der Waals surface area contributed by atoms with E-state index in [4.69, 9.17) is 14.2 Å². The number of methoxy groups -OCH3 is 1. The second kappa shape index (κ2) is 11.2. The van der Waals surface area contributed by atoms with Crippen LogP contribution >= 0.6 is 0 Å². The molecular weight excluding hydrogens is 458 g/mol. The van der Waals surface area contributed by atoms with E-state index in [1.54, 1.807) is 19.2 Å². The summed E-state index contributed by atoms with van der Waals surface area (Å²) in [4.78, 5) is 27.9. The van der Waals surface area contributed by atoms with Crippen molar-refractivity contribution in [1.29, 1.82) is 0 Å². The quantitative estimate of drug-likeness (QED) is 0.306. The van der Waals surface area contributed by atoms with Crippen LogP contribution in [0.15, 0.2) is 42.0 Å². The van der Waals surface area contributed by atoms with Crippen LogP contribution in [0.4, 0.5) is 0 Å². The third-order valence-electron chi connectivity index (χ3n) is 6.64. The van der Waals surface area contributed by atoms with Gasteiger partial charge in [-0.15, -0.1) is 0 Å². The molecule has 1 unspecified atom stereocenters. The molecule has 2 aromatic carbocycles. The van der Waals surface area contributed by atoms with Crippen molar-refractivity contribution in [3.8, 4) is 11.5 Å². The van der Waals surface area contributed by atoms with Crippen LogP contribution in [0.1, 0.15) is 61.9 Å². The third kappa shape index (κ3) is 5.12. The van der Waals surface area contributed by atoms with Crippen LogP contribution in [-0.4, -0.2) is 54.7 Å². The Morgan fingerprint density at radius 2 is 1.81 bits per heavy atom. The molecule has 1 fully saturated rings. The number of likely N-dealkylation sites (tertiary alicyclic amines) is 1. The molecule has 1 aliphatic carbocycles. The number of amides is 1. The van der Waals surface area contributed by atoms with Gasteiger partial charge in [0, 0.05) is 19.2 Å². The summed E-state index contributed by atoms with van der Waals surface area (Å²) in [5.41, 5.74) is 3.74. The molecule has 1 heterocycles. The van der Waals surface area contributed by atoms with Gasteiger partial charge < -0.3 is 24.2 Å². The van der Waals surface area contributed by atoms with Crippen LogP contribution < -0.4 is 9.47 Å². The molecule has 0 radical (unpaired) electrons. The number of aryl methyl sites for hydroxylation is 2. The van der Waals surface area contributed by atoms with Gasteiger partial charge in [0.25, 0.3) is 11.7 Å². The molecule has 1 atom stereocenters. The predicted octanol–water partition coefficient (Wildman–Crippen LogP) is 4.82. The maximum absolute atomic E-state index is 13.3. The Morgan fingerprint density at radius 1 is 1.06 bits per heavy atom. The van der Waals surface area contributed by atoms with Gasteiger partial charge in [-0.2, -0.15) is 0 Å². The van der Waals surface area contributed by atoms with Gasteiger partial charge in [-0.3, -0.25) is 9.59 Å². The average molecular weight is 494 g/mol. The molecular formula is C29H35NO6. The summed E-state index contributed by atoms with van der Waals surface area (Å²) in [7, 11) is 1.55. The van der Waals surface area contributed by atoms with E-state index in [-0.39, 0.29) is 30.6 Å². The fourth-order valence-corrected chi connectivity index (χ4v) is 5.00. The zero-order valence-corrected chi connectivity index (χ0v) is 21.5. The average Bonchev–Trinajstić information content (AvgIpc) is 3.12. The number of carbonyl (C=O) groups is 2. The minimum atomic E-state index is -0.775. The number of aliphatic hydroxyl groups is 1. The molecule has 2 aromatic rings. The number of hydrogen-bond donors (Lipinski definition) is 1. The minimum Gasteiger partial charge on any atom is -0.507 e. The summed E-state index contributed by atoms with van der Waals surface area (Å²) < 4.78 is 16.9. The molecule has 2 aliphatic rings. The van der Waals surface area contributed by atoms with Gasteiger partial charge in [0.2, 0.25) is 0 Å². The third-order valence-corrected chi connectivity index (χ3v) is 6.64. The summed E-state index contributed by atoms with van der Waals surface area (Å²) in [6.45, 7) is 6.64. The Hall–Kier alpha value is -3.32. The monoisotopic (exact) mass is 493 g/mol. The number of rotatable bonds is 9. The number of aliphatic hydroxyl groups excluding tert-OH is 1. The number of ether oxygens (including phenoxy) is 3. The summed E-state index contributed by atoms with van der Waals surface area (Å²) in [6.07, 6.45) is 4.16. The first-order chi connectivity index (χ1) is 17.3. The van der Waals surface area contributed by atoms with Gasteiger partial charge in [-0.25, -0.2) is 0 Å². The Kier molecular flexibility index (Phi) is 7.99. The number of nitrogens with zero attached hydrogens (tertiary/aromatic N) is 1. The molecule has 0 bridgehead atoms. The summed E-state index contributed by atoms with van der Waals surface area (Å²) in [5, 5.41) is 11.4. The second-order valence-corrected chi connectivity index (χ2v) is 9.48. The van der Waals surface area contributed by atoms with E-state index in [9.17, 15) is 14.7 Å². The Bertz CT molecular complexity index is 1170. The van der Waals surface area contributed by atoms with Crippen LogP contribution in [0.3, 0.4) is 0 Å². The Labute approximate surface area is 212 Å². The van der Waals surface area contributed by atoms with E-state index in [2.05, 4.69) is 0 Å². The number of fused-ring (bicyclic) bond motifs is 1. The highest BCUT2D eigenvalue weighted by molar-refractivity contribution is 6.46.